The zero-order valence-electron chi connectivity index (χ0n) is 11.5. The van der Waals surface area contributed by atoms with Crippen molar-refractivity contribution in [3.63, 3.8) is 0 Å². The smallest absolute Gasteiger partial charge is 0.312 e. The lowest BCUT2D eigenvalue weighted by molar-refractivity contribution is -0.386. The van der Waals surface area contributed by atoms with E-state index in [0.717, 1.165) is 12.1 Å². The third kappa shape index (κ3) is 4.39. The number of nitro benzene ring substituents is 1. The third-order valence-electron chi connectivity index (χ3n) is 2.49. The topological polar surface area (TPSA) is 142 Å². The molecule has 1 rings (SSSR count). The van der Waals surface area contributed by atoms with Gasteiger partial charge in [0.1, 0.15) is 0 Å². The summed E-state index contributed by atoms with van der Waals surface area (Å²) < 4.78 is 27.8. The number of nitrogens with zero attached hydrogens (tertiary/aromatic N) is 1. The Kier molecular flexibility index (Phi) is 5.22. The number of carbonyl (C=O) groups is 1. The predicted octanol–water partition coefficient (Wildman–Crippen LogP) is 0.0655. The minimum atomic E-state index is -4.09. The summed E-state index contributed by atoms with van der Waals surface area (Å²) in [6.07, 6.45) is 0. The number of hydrogen-bond donors (Lipinski definition) is 2. The van der Waals surface area contributed by atoms with Crippen LogP contribution in [0.25, 0.3) is 0 Å². The lowest BCUT2D eigenvalue weighted by Crippen LogP contribution is -2.28. The second-order valence-electron chi connectivity index (χ2n) is 4.13. The monoisotopic (exact) mass is 317 g/mol. The van der Waals surface area contributed by atoms with Gasteiger partial charge in [0.25, 0.3) is 5.91 Å². The van der Waals surface area contributed by atoms with Crippen molar-refractivity contribution in [3.05, 3.63) is 27.8 Å². The van der Waals surface area contributed by atoms with E-state index < -0.39 is 33.1 Å². The molecule has 3 N–H and O–H groups in total. The van der Waals surface area contributed by atoms with Crippen LogP contribution in [0.3, 0.4) is 0 Å². The molecule has 0 unspecified atom stereocenters. The van der Waals surface area contributed by atoms with Crippen molar-refractivity contribution in [2.75, 3.05) is 13.2 Å². The van der Waals surface area contributed by atoms with Crippen molar-refractivity contribution in [1.29, 1.82) is 0 Å². The number of primary sulfonamides is 1. The van der Waals surface area contributed by atoms with Gasteiger partial charge in [-0.15, -0.1) is 0 Å². The van der Waals surface area contributed by atoms with Crippen molar-refractivity contribution in [2.24, 2.45) is 5.14 Å². The molecule has 0 fully saturated rings. The summed E-state index contributed by atoms with van der Waals surface area (Å²) in [6, 6.07) is 1.98. The molecule has 0 atom stereocenters. The van der Waals surface area contributed by atoms with Gasteiger partial charge in [-0.3, -0.25) is 14.9 Å². The molecule has 0 aliphatic carbocycles. The molecule has 0 spiro atoms. The lowest BCUT2D eigenvalue weighted by atomic mass is 10.2. The molecule has 1 aromatic rings. The zero-order chi connectivity index (χ0) is 16.2. The summed E-state index contributed by atoms with van der Waals surface area (Å²) in [6.45, 7) is 3.12. The molecule has 21 heavy (non-hydrogen) atoms. The highest BCUT2D eigenvalue weighted by Gasteiger charge is 2.23. The Bertz CT molecular complexity index is 671. The van der Waals surface area contributed by atoms with Gasteiger partial charge in [0.05, 0.1) is 9.82 Å². The molecular weight excluding hydrogens is 302 g/mol. The number of sulfonamides is 1. The summed E-state index contributed by atoms with van der Waals surface area (Å²) in [5, 5.41) is 18.4. The first kappa shape index (κ1) is 16.9. The molecule has 0 saturated heterocycles. The van der Waals surface area contributed by atoms with E-state index in [2.05, 4.69) is 5.32 Å². The first-order chi connectivity index (χ1) is 9.66. The van der Waals surface area contributed by atoms with Crippen molar-refractivity contribution in [2.45, 2.75) is 18.7 Å². The zero-order valence-corrected chi connectivity index (χ0v) is 12.3. The summed E-state index contributed by atoms with van der Waals surface area (Å²) in [5.74, 6) is -0.642. The van der Waals surface area contributed by atoms with Crippen LogP contribution >= 0.6 is 0 Å². The van der Waals surface area contributed by atoms with Crippen LogP contribution in [-0.2, 0) is 14.8 Å². The van der Waals surface area contributed by atoms with Gasteiger partial charge < -0.3 is 10.1 Å². The molecule has 1 amide bonds. The molecular formula is C11H15N3O6S. The molecule has 0 saturated carbocycles. The Balaban J connectivity index is 3.18. The largest absolute Gasteiger partial charge is 0.477 e. The van der Waals surface area contributed by atoms with Gasteiger partial charge in [-0.1, -0.05) is 0 Å². The van der Waals surface area contributed by atoms with Crippen LogP contribution in [0.15, 0.2) is 17.0 Å². The first-order valence-electron chi connectivity index (χ1n) is 5.88. The highest BCUT2D eigenvalue weighted by molar-refractivity contribution is 7.89. The Morgan fingerprint density at radius 1 is 1.48 bits per heavy atom. The molecule has 0 bridgehead atoms. The molecule has 0 radical (unpaired) electrons. The van der Waals surface area contributed by atoms with Crippen LogP contribution in [0.2, 0.25) is 0 Å². The van der Waals surface area contributed by atoms with Crippen LogP contribution in [0.1, 0.15) is 12.5 Å². The van der Waals surface area contributed by atoms with E-state index in [4.69, 9.17) is 9.88 Å². The Labute approximate surface area is 121 Å². The van der Waals surface area contributed by atoms with Gasteiger partial charge in [0.15, 0.2) is 12.4 Å². The Hall–Kier alpha value is -2.20. The maximum absolute atomic E-state index is 11.3. The maximum Gasteiger partial charge on any atom is 0.312 e. The minimum Gasteiger partial charge on any atom is -0.477 e. The lowest BCUT2D eigenvalue weighted by Gasteiger charge is -2.10. The number of ether oxygens (including phenoxy) is 1. The number of nitrogens with one attached hydrogen (secondary N) is 1. The molecule has 9 nitrogen and oxygen atoms in total. The van der Waals surface area contributed by atoms with Crippen molar-refractivity contribution in [1.82, 2.24) is 5.32 Å². The van der Waals surface area contributed by atoms with Crippen LogP contribution in [0.5, 0.6) is 5.75 Å². The van der Waals surface area contributed by atoms with Gasteiger partial charge in [-0.25, -0.2) is 13.6 Å². The van der Waals surface area contributed by atoms with Crippen LogP contribution in [-0.4, -0.2) is 32.4 Å². The average molecular weight is 317 g/mol. The highest BCUT2D eigenvalue weighted by Crippen LogP contribution is 2.32. The second-order valence-corrected chi connectivity index (χ2v) is 5.66. The fourth-order valence-corrected chi connectivity index (χ4v) is 2.39. The minimum absolute atomic E-state index is 0.189. The molecule has 0 aliphatic heterocycles. The molecule has 1 aromatic carbocycles. The molecule has 0 aromatic heterocycles. The number of nitro groups is 1. The fourth-order valence-electron chi connectivity index (χ4n) is 1.61. The molecule has 116 valence electrons. The third-order valence-corrected chi connectivity index (χ3v) is 3.55. The maximum atomic E-state index is 11.3. The van der Waals surface area contributed by atoms with Crippen LogP contribution < -0.4 is 15.2 Å². The molecule has 0 aliphatic rings. The quantitative estimate of drug-likeness (QED) is 0.561. The Morgan fingerprint density at radius 2 is 2.10 bits per heavy atom. The molecule has 10 heteroatoms. The van der Waals surface area contributed by atoms with Crippen molar-refractivity contribution in [3.8, 4) is 5.75 Å². The molecule has 0 heterocycles. The fraction of sp³-hybridized carbons (Fsp3) is 0.364. The number of hydrogen-bond acceptors (Lipinski definition) is 6. The number of benzene rings is 1. The van der Waals surface area contributed by atoms with E-state index in [1.165, 1.54) is 6.92 Å². The van der Waals surface area contributed by atoms with Crippen LogP contribution in [0, 0.1) is 17.0 Å². The summed E-state index contributed by atoms with van der Waals surface area (Å²) in [5.41, 5.74) is -0.386. The second kappa shape index (κ2) is 6.50. The summed E-state index contributed by atoms with van der Waals surface area (Å²) >= 11 is 0. The predicted molar refractivity (Wildman–Crippen MR) is 73.4 cm³/mol. The number of carbonyl (C=O) groups excluding carboxylic acids is 1. The van der Waals surface area contributed by atoms with Gasteiger partial charge in [0.2, 0.25) is 10.0 Å². The van der Waals surface area contributed by atoms with E-state index in [0.29, 0.717) is 6.54 Å². The van der Waals surface area contributed by atoms with Crippen molar-refractivity contribution >= 4 is 21.6 Å². The number of nitrogens with two attached hydrogens (primary N) is 1. The first-order valence-corrected chi connectivity index (χ1v) is 7.42. The van der Waals surface area contributed by atoms with E-state index in [1.807, 2.05) is 0 Å². The average Bonchev–Trinajstić information content (AvgIpc) is 2.34. The van der Waals surface area contributed by atoms with Gasteiger partial charge in [-0.05, 0) is 25.5 Å². The highest BCUT2D eigenvalue weighted by atomic mass is 32.2. The van der Waals surface area contributed by atoms with E-state index in [-0.39, 0.29) is 16.2 Å². The normalized spacial score (nSPS) is 11.0. The van der Waals surface area contributed by atoms with E-state index in [9.17, 15) is 23.3 Å². The van der Waals surface area contributed by atoms with E-state index >= 15 is 0 Å². The number of likely N-dealkylation sites (N-methyl/N-ethyl adjacent to an activating group) is 1. The van der Waals surface area contributed by atoms with Crippen LogP contribution in [0.4, 0.5) is 5.69 Å². The number of amides is 1. The SMILES string of the molecule is CCNC(=O)COc1cc(C)c(S(N)(=O)=O)cc1[N+](=O)[O-]. The number of aryl methyl sites for hydroxylation is 1. The Morgan fingerprint density at radius 3 is 2.57 bits per heavy atom. The van der Waals surface area contributed by atoms with Gasteiger partial charge in [-0.2, -0.15) is 0 Å². The van der Waals surface area contributed by atoms with Crippen molar-refractivity contribution < 1.29 is 22.9 Å². The standard InChI is InChI=1S/C11H15N3O6S/c1-3-13-11(15)6-20-9-4-7(2)10(21(12,18)19)5-8(9)14(16)17/h4-5H,3,6H2,1-2H3,(H,13,15)(H2,12,18,19). The summed E-state index contributed by atoms with van der Waals surface area (Å²) in [4.78, 5) is 21.1. The van der Waals surface area contributed by atoms with Gasteiger partial charge >= 0.3 is 5.69 Å². The van der Waals surface area contributed by atoms with E-state index in [1.54, 1.807) is 6.92 Å². The number of rotatable bonds is 6. The van der Waals surface area contributed by atoms with Gasteiger partial charge in [0, 0.05) is 12.6 Å². The summed E-state index contributed by atoms with van der Waals surface area (Å²) in [7, 11) is -4.09.